The van der Waals surface area contributed by atoms with Crippen molar-refractivity contribution in [2.45, 2.75) is 51.9 Å². The molecule has 0 saturated carbocycles. The summed E-state index contributed by atoms with van der Waals surface area (Å²) in [4.78, 5) is 11.9. The van der Waals surface area contributed by atoms with E-state index < -0.39 is 17.8 Å². The molecule has 0 saturated heterocycles. The number of benzene rings is 1. The molecule has 3 N–H and O–H groups in total. The van der Waals surface area contributed by atoms with Crippen molar-refractivity contribution in [2.24, 2.45) is 11.7 Å². The molecule has 0 spiro atoms. The van der Waals surface area contributed by atoms with Gasteiger partial charge in [-0.2, -0.15) is 13.2 Å². The lowest BCUT2D eigenvalue weighted by molar-refractivity contribution is -0.137. The second-order valence-electron chi connectivity index (χ2n) is 5.93. The number of halogens is 3. The van der Waals surface area contributed by atoms with Crippen LogP contribution in [0.15, 0.2) is 24.3 Å². The summed E-state index contributed by atoms with van der Waals surface area (Å²) in [5.41, 5.74) is 5.35. The van der Waals surface area contributed by atoms with Crippen LogP contribution >= 0.6 is 0 Å². The highest BCUT2D eigenvalue weighted by Gasteiger charge is 2.31. The van der Waals surface area contributed by atoms with Crippen LogP contribution in [0.2, 0.25) is 0 Å². The first-order valence-corrected chi connectivity index (χ1v) is 7.33. The highest BCUT2D eigenvalue weighted by atomic mass is 19.4. The lowest BCUT2D eigenvalue weighted by atomic mass is 9.94. The van der Waals surface area contributed by atoms with Crippen LogP contribution in [-0.4, -0.2) is 11.9 Å². The van der Waals surface area contributed by atoms with Gasteiger partial charge in [0.2, 0.25) is 5.91 Å². The van der Waals surface area contributed by atoms with E-state index in [9.17, 15) is 18.0 Å². The van der Waals surface area contributed by atoms with E-state index in [2.05, 4.69) is 5.32 Å². The van der Waals surface area contributed by atoms with Crippen molar-refractivity contribution >= 4 is 5.91 Å². The van der Waals surface area contributed by atoms with E-state index in [0.717, 1.165) is 12.1 Å². The average molecular weight is 316 g/mol. The summed E-state index contributed by atoms with van der Waals surface area (Å²) < 4.78 is 38.4. The lowest BCUT2D eigenvalue weighted by Crippen LogP contribution is -2.32. The zero-order chi connectivity index (χ0) is 16.9. The highest BCUT2D eigenvalue weighted by Crippen LogP contribution is 2.32. The second-order valence-corrected chi connectivity index (χ2v) is 5.93. The van der Waals surface area contributed by atoms with E-state index in [1.807, 2.05) is 13.8 Å². The molecule has 2 atom stereocenters. The number of carbonyl (C=O) groups is 1. The third-order valence-corrected chi connectivity index (χ3v) is 3.38. The molecule has 1 aromatic rings. The van der Waals surface area contributed by atoms with Crippen molar-refractivity contribution in [2.75, 3.05) is 0 Å². The van der Waals surface area contributed by atoms with Gasteiger partial charge in [-0.25, -0.2) is 0 Å². The molecule has 0 fully saturated rings. The summed E-state index contributed by atoms with van der Waals surface area (Å²) in [7, 11) is 0. The minimum atomic E-state index is -4.39. The van der Waals surface area contributed by atoms with E-state index in [0.29, 0.717) is 12.0 Å². The number of rotatable bonds is 6. The number of alkyl halides is 3. The van der Waals surface area contributed by atoms with Crippen LogP contribution in [0.25, 0.3) is 0 Å². The van der Waals surface area contributed by atoms with E-state index >= 15 is 0 Å². The Morgan fingerprint density at radius 1 is 1.27 bits per heavy atom. The molecule has 3 nitrogen and oxygen atoms in total. The Hall–Kier alpha value is -1.56. The van der Waals surface area contributed by atoms with Crippen LogP contribution in [-0.2, 0) is 11.0 Å². The smallest absolute Gasteiger partial charge is 0.349 e. The van der Waals surface area contributed by atoms with Crippen LogP contribution in [0.3, 0.4) is 0 Å². The van der Waals surface area contributed by atoms with Gasteiger partial charge in [0.1, 0.15) is 0 Å². The van der Waals surface area contributed by atoms with Gasteiger partial charge in [-0.3, -0.25) is 4.79 Å². The number of hydrogen-bond acceptors (Lipinski definition) is 2. The zero-order valence-corrected chi connectivity index (χ0v) is 13.1. The molecule has 2 unspecified atom stereocenters. The molecule has 124 valence electrons. The number of amides is 1. The van der Waals surface area contributed by atoms with Gasteiger partial charge in [0.05, 0.1) is 11.6 Å². The SMILES string of the molecule is CC(N)CCC(=O)NC(c1cccc(C(F)(F)F)c1)C(C)C. The first-order chi connectivity index (χ1) is 10.1. The molecule has 1 aromatic carbocycles. The van der Waals surface area contributed by atoms with E-state index in [-0.39, 0.29) is 24.3 Å². The van der Waals surface area contributed by atoms with Crippen molar-refractivity contribution in [3.8, 4) is 0 Å². The van der Waals surface area contributed by atoms with Crippen molar-refractivity contribution in [1.82, 2.24) is 5.32 Å². The second kappa shape index (κ2) is 7.63. The largest absolute Gasteiger partial charge is 0.416 e. The number of nitrogens with one attached hydrogen (secondary N) is 1. The summed E-state index contributed by atoms with van der Waals surface area (Å²) in [5.74, 6) is -0.226. The summed E-state index contributed by atoms with van der Waals surface area (Å²) in [6.07, 6.45) is -3.59. The van der Waals surface area contributed by atoms with Gasteiger partial charge in [0.15, 0.2) is 0 Å². The fourth-order valence-electron chi connectivity index (χ4n) is 2.15. The van der Waals surface area contributed by atoms with Gasteiger partial charge in [-0.1, -0.05) is 26.0 Å². The molecule has 1 rings (SSSR count). The van der Waals surface area contributed by atoms with Gasteiger partial charge < -0.3 is 11.1 Å². The minimum absolute atomic E-state index is 0.0252. The molecule has 0 aliphatic carbocycles. The molecule has 0 heterocycles. The Balaban J connectivity index is 2.90. The van der Waals surface area contributed by atoms with Crippen molar-refractivity contribution in [3.63, 3.8) is 0 Å². The summed E-state index contributed by atoms with van der Waals surface area (Å²) in [6.45, 7) is 5.52. The Labute approximate surface area is 129 Å². The Morgan fingerprint density at radius 3 is 2.41 bits per heavy atom. The van der Waals surface area contributed by atoms with Crippen LogP contribution < -0.4 is 11.1 Å². The van der Waals surface area contributed by atoms with Crippen LogP contribution in [0.1, 0.15) is 50.8 Å². The lowest BCUT2D eigenvalue weighted by Gasteiger charge is -2.24. The molecule has 0 bridgehead atoms. The number of carbonyl (C=O) groups excluding carboxylic acids is 1. The van der Waals surface area contributed by atoms with E-state index in [1.54, 1.807) is 13.0 Å². The molecule has 0 aromatic heterocycles. The normalized spacial score (nSPS) is 14.7. The predicted molar refractivity (Wildman–Crippen MR) is 80.0 cm³/mol. The van der Waals surface area contributed by atoms with Crippen LogP contribution in [0, 0.1) is 5.92 Å². The molecule has 6 heteroatoms. The third kappa shape index (κ3) is 5.67. The monoisotopic (exact) mass is 316 g/mol. The Bertz CT molecular complexity index is 498. The molecule has 0 aliphatic rings. The van der Waals surface area contributed by atoms with Gasteiger partial charge in [0.25, 0.3) is 0 Å². The molecule has 22 heavy (non-hydrogen) atoms. The fraction of sp³-hybridized carbons (Fsp3) is 0.562. The maximum atomic E-state index is 12.8. The van der Waals surface area contributed by atoms with Gasteiger partial charge in [0, 0.05) is 12.5 Å². The first kappa shape index (κ1) is 18.5. The van der Waals surface area contributed by atoms with E-state index in [4.69, 9.17) is 5.73 Å². The maximum Gasteiger partial charge on any atom is 0.416 e. The third-order valence-electron chi connectivity index (χ3n) is 3.38. The Kier molecular flexibility index (Phi) is 6.41. The highest BCUT2D eigenvalue weighted by molar-refractivity contribution is 5.76. The first-order valence-electron chi connectivity index (χ1n) is 7.33. The van der Waals surface area contributed by atoms with Crippen molar-refractivity contribution in [1.29, 1.82) is 0 Å². The van der Waals surface area contributed by atoms with Crippen molar-refractivity contribution < 1.29 is 18.0 Å². The van der Waals surface area contributed by atoms with E-state index in [1.165, 1.54) is 6.07 Å². The van der Waals surface area contributed by atoms with Gasteiger partial charge in [-0.15, -0.1) is 0 Å². The van der Waals surface area contributed by atoms with Crippen LogP contribution in [0.5, 0.6) is 0 Å². The molecule has 1 amide bonds. The minimum Gasteiger partial charge on any atom is -0.349 e. The number of hydrogen-bond donors (Lipinski definition) is 2. The predicted octanol–water partition coefficient (Wildman–Crippen LogP) is 3.65. The number of nitrogens with two attached hydrogens (primary N) is 1. The average Bonchev–Trinajstić information content (AvgIpc) is 2.41. The molecule has 0 radical (unpaired) electrons. The Morgan fingerprint density at radius 2 is 1.91 bits per heavy atom. The molecule has 0 aliphatic heterocycles. The van der Waals surface area contributed by atoms with Crippen molar-refractivity contribution in [3.05, 3.63) is 35.4 Å². The quantitative estimate of drug-likeness (QED) is 0.842. The molecular formula is C16H23F3N2O. The maximum absolute atomic E-state index is 12.8. The summed E-state index contributed by atoms with van der Waals surface area (Å²) >= 11 is 0. The molecular weight excluding hydrogens is 293 g/mol. The van der Waals surface area contributed by atoms with Gasteiger partial charge in [-0.05, 0) is 37.0 Å². The summed E-state index contributed by atoms with van der Waals surface area (Å²) in [5, 5.41) is 2.80. The standard InChI is InChI=1S/C16H23F3N2O/c1-10(2)15(21-14(22)8-7-11(3)20)12-5-4-6-13(9-12)16(17,18)19/h4-6,9-11,15H,7-8,20H2,1-3H3,(H,21,22). The van der Waals surface area contributed by atoms with Crippen LogP contribution in [0.4, 0.5) is 13.2 Å². The zero-order valence-electron chi connectivity index (χ0n) is 13.1. The van der Waals surface area contributed by atoms with Gasteiger partial charge >= 0.3 is 6.18 Å². The fourth-order valence-corrected chi connectivity index (χ4v) is 2.15. The topological polar surface area (TPSA) is 55.1 Å². The summed E-state index contributed by atoms with van der Waals surface area (Å²) in [6, 6.07) is 4.54.